The third kappa shape index (κ3) is 4.06. The first-order valence-corrected chi connectivity index (χ1v) is 9.52. The molecule has 2 heterocycles. The zero-order chi connectivity index (χ0) is 21.8. The summed E-state index contributed by atoms with van der Waals surface area (Å²) < 4.78 is 20.1. The number of hydrogen-bond acceptors (Lipinski definition) is 8. The molecule has 3 rings (SSSR count). The van der Waals surface area contributed by atoms with Gasteiger partial charge in [0.05, 0.1) is 17.1 Å². The first-order chi connectivity index (χ1) is 14.4. The number of fused-ring (bicyclic) bond motifs is 3. The van der Waals surface area contributed by atoms with Gasteiger partial charge in [-0.05, 0) is 49.9 Å². The summed E-state index contributed by atoms with van der Waals surface area (Å²) >= 11 is 0. The van der Waals surface area contributed by atoms with E-state index in [1.54, 1.807) is 25.3 Å². The summed E-state index contributed by atoms with van der Waals surface area (Å²) in [6, 6.07) is 6.02. The molecule has 1 aromatic heterocycles. The SMILES string of the molecule is CCN=C1C(=CN)C/C(=C/N)N(N)c2ccc(F)cc2C(C)Oc2cc1cnc2N. The quantitative estimate of drug-likeness (QED) is 0.528. The summed E-state index contributed by atoms with van der Waals surface area (Å²) in [5.74, 6) is 6.55. The first-order valence-electron chi connectivity index (χ1n) is 9.52. The Labute approximate surface area is 174 Å². The van der Waals surface area contributed by atoms with Crippen LogP contribution in [0.1, 0.15) is 37.5 Å². The molecule has 2 aromatic rings. The van der Waals surface area contributed by atoms with Gasteiger partial charge in [-0.3, -0.25) is 10.0 Å². The summed E-state index contributed by atoms with van der Waals surface area (Å²) in [4.78, 5) is 8.84. The number of nitrogens with zero attached hydrogens (tertiary/aromatic N) is 3. The molecule has 158 valence electrons. The second kappa shape index (κ2) is 8.83. The Morgan fingerprint density at radius 1 is 1.30 bits per heavy atom. The monoisotopic (exact) mass is 411 g/mol. The average Bonchev–Trinajstić information content (AvgIpc) is 2.74. The topological polar surface area (TPSA) is 142 Å². The van der Waals surface area contributed by atoms with Crippen LogP contribution in [0.15, 0.2) is 59.1 Å². The number of rotatable bonds is 1. The molecule has 1 aliphatic rings. The molecule has 1 aromatic carbocycles. The van der Waals surface area contributed by atoms with Crippen molar-refractivity contribution in [3.63, 3.8) is 0 Å². The van der Waals surface area contributed by atoms with Gasteiger partial charge in [0.1, 0.15) is 11.9 Å². The molecule has 9 heteroatoms. The van der Waals surface area contributed by atoms with E-state index in [9.17, 15) is 4.39 Å². The van der Waals surface area contributed by atoms with Gasteiger partial charge in [0, 0.05) is 36.5 Å². The van der Waals surface area contributed by atoms with E-state index < -0.39 is 11.9 Å². The molecule has 8 N–H and O–H groups in total. The molecule has 0 radical (unpaired) electrons. The van der Waals surface area contributed by atoms with E-state index in [0.717, 1.165) is 0 Å². The largest absolute Gasteiger partial charge is 0.482 e. The third-order valence-electron chi connectivity index (χ3n) is 4.84. The van der Waals surface area contributed by atoms with Crippen molar-refractivity contribution in [1.82, 2.24) is 4.98 Å². The number of allylic oxidation sites excluding steroid dienone is 1. The average molecular weight is 411 g/mol. The highest BCUT2D eigenvalue weighted by atomic mass is 19.1. The summed E-state index contributed by atoms with van der Waals surface area (Å²) in [5.41, 5.74) is 21.5. The zero-order valence-corrected chi connectivity index (χ0v) is 17.0. The van der Waals surface area contributed by atoms with Gasteiger partial charge in [0.2, 0.25) is 0 Å². The maximum Gasteiger partial charge on any atom is 0.166 e. The van der Waals surface area contributed by atoms with E-state index in [1.807, 2.05) is 6.92 Å². The fourth-order valence-electron chi connectivity index (χ4n) is 3.34. The number of ether oxygens (including phenoxy) is 1. The zero-order valence-electron chi connectivity index (χ0n) is 17.0. The van der Waals surface area contributed by atoms with E-state index in [-0.39, 0.29) is 5.82 Å². The molecule has 1 atom stereocenters. The van der Waals surface area contributed by atoms with Crippen LogP contribution in [-0.4, -0.2) is 17.2 Å². The van der Waals surface area contributed by atoms with Crippen molar-refractivity contribution in [2.24, 2.45) is 22.3 Å². The van der Waals surface area contributed by atoms with Crippen LogP contribution in [0.25, 0.3) is 0 Å². The first kappa shape index (κ1) is 21.1. The molecule has 1 aliphatic heterocycles. The number of aromatic nitrogens is 1. The Bertz CT molecular complexity index is 1030. The molecule has 0 amide bonds. The van der Waals surface area contributed by atoms with E-state index >= 15 is 0 Å². The summed E-state index contributed by atoms with van der Waals surface area (Å²) in [7, 11) is 0. The van der Waals surface area contributed by atoms with Crippen LogP contribution in [0.4, 0.5) is 15.9 Å². The molecule has 8 nitrogen and oxygen atoms in total. The van der Waals surface area contributed by atoms with E-state index in [0.29, 0.717) is 52.5 Å². The van der Waals surface area contributed by atoms with Gasteiger partial charge in [0.15, 0.2) is 11.6 Å². The van der Waals surface area contributed by atoms with E-state index in [1.165, 1.54) is 29.5 Å². The number of halogens is 1. The fourth-order valence-corrected chi connectivity index (χ4v) is 3.34. The van der Waals surface area contributed by atoms with Gasteiger partial charge in [-0.1, -0.05) is 0 Å². The number of benzene rings is 1. The molecule has 0 aliphatic carbocycles. The highest BCUT2D eigenvalue weighted by Gasteiger charge is 2.23. The molecule has 1 unspecified atom stereocenters. The normalized spacial score (nSPS) is 21.1. The van der Waals surface area contributed by atoms with Crippen LogP contribution in [0.2, 0.25) is 0 Å². The van der Waals surface area contributed by atoms with Crippen LogP contribution in [0.5, 0.6) is 5.75 Å². The van der Waals surface area contributed by atoms with Crippen molar-refractivity contribution in [3.8, 4) is 5.75 Å². The van der Waals surface area contributed by atoms with Gasteiger partial charge in [0.25, 0.3) is 0 Å². The minimum atomic E-state index is -0.573. The van der Waals surface area contributed by atoms with E-state index in [2.05, 4.69) is 9.98 Å². The number of anilines is 2. The number of hydrazine groups is 1. The summed E-state index contributed by atoms with van der Waals surface area (Å²) in [6.07, 6.45) is 4.19. The molecule has 0 saturated heterocycles. The van der Waals surface area contributed by atoms with Crippen molar-refractivity contribution < 1.29 is 9.13 Å². The third-order valence-corrected chi connectivity index (χ3v) is 4.84. The predicted octanol–water partition coefficient (Wildman–Crippen LogP) is 2.48. The van der Waals surface area contributed by atoms with Gasteiger partial charge in [-0.25, -0.2) is 15.2 Å². The van der Waals surface area contributed by atoms with Crippen molar-refractivity contribution >= 4 is 17.2 Å². The number of hydrogen-bond donors (Lipinski definition) is 4. The van der Waals surface area contributed by atoms with Gasteiger partial charge < -0.3 is 21.9 Å². The highest BCUT2D eigenvalue weighted by Crippen LogP contribution is 2.35. The van der Waals surface area contributed by atoms with Crippen LogP contribution in [0, 0.1) is 5.82 Å². The van der Waals surface area contributed by atoms with Crippen LogP contribution >= 0.6 is 0 Å². The molecule has 0 spiro atoms. The smallest absolute Gasteiger partial charge is 0.166 e. The van der Waals surface area contributed by atoms with E-state index in [4.69, 9.17) is 27.8 Å². The Morgan fingerprint density at radius 3 is 2.73 bits per heavy atom. The molecule has 0 saturated carbocycles. The minimum absolute atomic E-state index is 0.210. The van der Waals surface area contributed by atoms with Crippen LogP contribution in [-0.2, 0) is 0 Å². The van der Waals surface area contributed by atoms with Gasteiger partial charge >= 0.3 is 0 Å². The lowest BCUT2D eigenvalue weighted by atomic mass is 9.98. The Morgan fingerprint density at radius 2 is 2.07 bits per heavy atom. The van der Waals surface area contributed by atoms with Crippen molar-refractivity contribution in [1.29, 1.82) is 0 Å². The Balaban J connectivity index is 2.27. The van der Waals surface area contributed by atoms with Crippen LogP contribution in [0.3, 0.4) is 0 Å². The number of aliphatic imine (C=N–C) groups is 1. The second-order valence-corrected chi connectivity index (χ2v) is 6.79. The lowest BCUT2D eigenvalue weighted by Crippen LogP contribution is -2.33. The van der Waals surface area contributed by atoms with Crippen molar-refractivity contribution in [2.45, 2.75) is 26.4 Å². The van der Waals surface area contributed by atoms with Crippen LogP contribution < -0.4 is 32.8 Å². The number of nitrogen functional groups attached to an aromatic ring is 1. The molecular weight excluding hydrogens is 385 g/mol. The fraction of sp³-hybridized carbons (Fsp3) is 0.238. The maximum atomic E-state index is 14.0. The summed E-state index contributed by atoms with van der Waals surface area (Å²) in [6.45, 7) is 4.23. The second-order valence-electron chi connectivity index (χ2n) is 6.79. The standard InChI is InChI=1S/C21H26FN7O/c1-3-27-20-13(9-23)6-16(10-24)29(26)18-5-4-15(22)8-17(18)12(2)30-19-7-14(20)11-28-21(19)25/h4-5,7-12H,3,6,23-24,26H2,1-2H3,(H2,25,28)/b13-9?,16-10-,27-20?. The molecular formula is C21H26FN7O. The Kier molecular flexibility index (Phi) is 6.22. The maximum absolute atomic E-state index is 14.0. The highest BCUT2D eigenvalue weighted by molar-refractivity contribution is 6.13. The lowest BCUT2D eigenvalue weighted by molar-refractivity contribution is 0.227. The molecule has 0 fully saturated rings. The Hall–Kier alpha value is -3.59. The summed E-state index contributed by atoms with van der Waals surface area (Å²) in [5, 5.41) is 1.40. The van der Waals surface area contributed by atoms with Crippen molar-refractivity contribution in [3.05, 3.63) is 71.1 Å². The van der Waals surface area contributed by atoms with Crippen molar-refractivity contribution in [2.75, 3.05) is 17.3 Å². The predicted molar refractivity (Wildman–Crippen MR) is 117 cm³/mol. The van der Waals surface area contributed by atoms with Gasteiger partial charge in [-0.2, -0.15) is 0 Å². The van der Waals surface area contributed by atoms with Gasteiger partial charge in [-0.15, -0.1) is 0 Å². The number of pyridine rings is 1. The molecule has 2 bridgehead atoms. The molecule has 30 heavy (non-hydrogen) atoms. The lowest BCUT2D eigenvalue weighted by Gasteiger charge is -2.28. The minimum Gasteiger partial charge on any atom is -0.482 e. The number of nitrogens with two attached hydrogens (primary N) is 4.